The molecule has 0 amide bonds. The standard InChI is InChI=1S/C28H56O4S.Na/c1-3-5-7-9-11-13-14-15-16-18-20-22-24-26-28(27-32-33(29,30)31)25-23-21-19-17-12-10-8-6-4-2;/h23,25,28H,3-22,24,26-27H2,1-2H3,(H,29,30,31);/q;+1/p-1/b25-23+;. The smallest absolute Gasteiger partial charge is 0.726 e. The molecule has 0 saturated carbocycles. The molecule has 0 bridgehead atoms. The van der Waals surface area contributed by atoms with Crippen molar-refractivity contribution in [2.24, 2.45) is 5.92 Å². The summed E-state index contributed by atoms with van der Waals surface area (Å²) in [4.78, 5) is 0. The summed E-state index contributed by atoms with van der Waals surface area (Å²) in [6.07, 6.45) is 32.3. The van der Waals surface area contributed by atoms with E-state index in [1.54, 1.807) is 0 Å². The summed E-state index contributed by atoms with van der Waals surface area (Å²) in [5.41, 5.74) is 0. The molecule has 6 heteroatoms. The third-order valence-electron chi connectivity index (χ3n) is 6.49. The number of hydrogen-bond donors (Lipinski definition) is 0. The molecule has 0 spiro atoms. The first-order chi connectivity index (χ1) is 16.0. The molecule has 0 heterocycles. The quantitative estimate of drug-likeness (QED) is 0.0453. The molecule has 0 aliphatic carbocycles. The van der Waals surface area contributed by atoms with Gasteiger partial charge in [0.25, 0.3) is 0 Å². The van der Waals surface area contributed by atoms with Crippen molar-refractivity contribution in [3.8, 4) is 0 Å². The molecule has 0 fully saturated rings. The van der Waals surface area contributed by atoms with Gasteiger partial charge in [-0.1, -0.05) is 148 Å². The van der Waals surface area contributed by atoms with Crippen LogP contribution in [0.2, 0.25) is 0 Å². The Balaban J connectivity index is 0. The van der Waals surface area contributed by atoms with Crippen molar-refractivity contribution in [3.63, 3.8) is 0 Å². The van der Waals surface area contributed by atoms with Crippen LogP contribution in [0.4, 0.5) is 0 Å². The largest absolute Gasteiger partial charge is 1.00 e. The van der Waals surface area contributed by atoms with Gasteiger partial charge in [-0.05, 0) is 19.3 Å². The van der Waals surface area contributed by atoms with Crippen molar-refractivity contribution < 1.29 is 46.7 Å². The van der Waals surface area contributed by atoms with Crippen molar-refractivity contribution in [3.05, 3.63) is 12.2 Å². The van der Waals surface area contributed by atoms with Crippen molar-refractivity contribution in [2.75, 3.05) is 6.61 Å². The molecule has 0 rings (SSSR count). The van der Waals surface area contributed by atoms with Crippen LogP contribution in [0, 0.1) is 5.92 Å². The summed E-state index contributed by atoms with van der Waals surface area (Å²) in [5, 5.41) is 0. The molecule has 0 aromatic heterocycles. The van der Waals surface area contributed by atoms with Gasteiger partial charge in [-0.3, -0.25) is 4.18 Å². The zero-order valence-electron chi connectivity index (χ0n) is 23.0. The molecular formula is C28H55NaO4S. The average Bonchev–Trinajstić information content (AvgIpc) is 2.78. The minimum Gasteiger partial charge on any atom is -0.726 e. The predicted molar refractivity (Wildman–Crippen MR) is 141 cm³/mol. The Hall–Kier alpha value is 0.610. The molecule has 4 nitrogen and oxygen atoms in total. The molecule has 198 valence electrons. The first kappa shape index (κ1) is 36.8. The fourth-order valence-electron chi connectivity index (χ4n) is 4.34. The Morgan fingerprint density at radius 3 is 1.44 bits per heavy atom. The summed E-state index contributed by atoms with van der Waals surface area (Å²) in [6.45, 7) is 4.48. The van der Waals surface area contributed by atoms with Crippen LogP contribution in [0.5, 0.6) is 0 Å². The van der Waals surface area contributed by atoms with Crippen LogP contribution in [0.3, 0.4) is 0 Å². The normalized spacial score (nSPS) is 12.8. The van der Waals surface area contributed by atoms with Gasteiger partial charge >= 0.3 is 29.6 Å². The number of unbranched alkanes of at least 4 members (excludes halogenated alkanes) is 19. The van der Waals surface area contributed by atoms with Gasteiger partial charge in [0.05, 0.1) is 6.61 Å². The van der Waals surface area contributed by atoms with E-state index in [9.17, 15) is 13.0 Å². The van der Waals surface area contributed by atoms with E-state index < -0.39 is 10.4 Å². The first-order valence-corrected chi connectivity index (χ1v) is 15.6. The molecule has 0 radical (unpaired) electrons. The maximum atomic E-state index is 10.8. The van der Waals surface area contributed by atoms with Crippen molar-refractivity contribution in [1.29, 1.82) is 0 Å². The maximum absolute atomic E-state index is 10.8. The fourth-order valence-corrected chi connectivity index (χ4v) is 4.68. The first-order valence-electron chi connectivity index (χ1n) is 14.3. The second-order valence-electron chi connectivity index (χ2n) is 9.82. The Morgan fingerprint density at radius 2 is 1.03 bits per heavy atom. The SMILES string of the molecule is CCCCCCCCC/C=C/C(CCCCCCCCCCCCCCC)COS(=O)(=O)[O-].[Na+]. The van der Waals surface area contributed by atoms with Gasteiger partial charge in [0.2, 0.25) is 10.4 Å². The molecule has 1 atom stereocenters. The van der Waals surface area contributed by atoms with Crippen molar-refractivity contribution in [1.82, 2.24) is 0 Å². The topological polar surface area (TPSA) is 66.4 Å². The van der Waals surface area contributed by atoms with Crippen LogP contribution in [0.1, 0.15) is 155 Å². The number of allylic oxidation sites excluding steroid dienone is 1. The Morgan fingerprint density at radius 1 is 0.647 bits per heavy atom. The molecule has 0 N–H and O–H groups in total. The molecule has 0 aromatic rings. The van der Waals surface area contributed by atoms with E-state index in [1.165, 1.54) is 122 Å². The van der Waals surface area contributed by atoms with Gasteiger partial charge in [-0.25, -0.2) is 8.42 Å². The number of hydrogen-bond acceptors (Lipinski definition) is 4. The summed E-state index contributed by atoms with van der Waals surface area (Å²) in [7, 11) is -4.61. The maximum Gasteiger partial charge on any atom is 1.00 e. The van der Waals surface area contributed by atoms with E-state index in [0.717, 1.165) is 19.3 Å². The van der Waals surface area contributed by atoms with Crippen LogP contribution >= 0.6 is 0 Å². The minimum absolute atomic E-state index is 0. The molecule has 1 unspecified atom stereocenters. The van der Waals surface area contributed by atoms with Crippen molar-refractivity contribution in [2.45, 2.75) is 155 Å². The van der Waals surface area contributed by atoms with Gasteiger partial charge in [-0.15, -0.1) is 0 Å². The summed E-state index contributed by atoms with van der Waals surface area (Å²) in [6, 6.07) is 0. The van der Waals surface area contributed by atoms with E-state index in [0.29, 0.717) is 0 Å². The Bertz CT molecular complexity index is 522. The number of rotatable bonds is 26. The Labute approximate surface area is 235 Å². The van der Waals surface area contributed by atoms with E-state index in [-0.39, 0.29) is 42.1 Å². The third kappa shape index (κ3) is 30.6. The van der Waals surface area contributed by atoms with E-state index in [4.69, 9.17) is 0 Å². The molecular weight excluding hydrogens is 455 g/mol. The Kier molecular flexibility index (Phi) is 30.5. The predicted octanol–water partition coefficient (Wildman–Crippen LogP) is 6.26. The summed E-state index contributed by atoms with van der Waals surface area (Å²) < 4.78 is 37.1. The molecule has 0 aromatic carbocycles. The summed E-state index contributed by atoms with van der Waals surface area (Å²) in [5.74, 6) is 0.0194. The van der Waals surface area contributed by atoms with E-state index in [2.05, 4.69) is 30.2 Å². The van der Waals surface area contributed by atoms with Gasteiger partial charge in [0.1, 0.15) is 0 Å². The van der Waals surface area contributed by atoms with Crippen LogP contribution in [0.15, 0.2) is 12.2 Å². The third-order valence-corrected chi connectivity index (χ3v) is 6.91. The zero-order chi connectivity index (χ0) is 24.5. The van der Waals surface area contributed by atoms with Crippen molar-refractivity contribution >= 4 is 10.4 Å². The molecule has 34 heavy (non-hydrogen) atoms. The van der Waals surface area contributed by atoms with Crippen LogP contribution in [0.25, 0.3) is 0 Å². The monoisotopic (exact) mass is 510 g/mol. The van der Waals surface area contributed by atoms with Crippen LogP contribution < -0.4 is 29.6 Å². The van der Waals surface area contributed by atoms with E-state index in [1.807, 2.05) is 0 Å². The molecule has 0 aliphatic heterocycles. The van der Waals surface area contributed by atoms with Crippen LogP contribution in [-0.4, -0.2) is 19.6 Å². The zero-order valence-corrected chi connectivity index (χ0v) is 25.9. The minimum atomic E-state index is -4.61. The molecule has 0 saturated heterocycles. The summed E-state index contributed by atoms with van der Waals surface area (Å²) >= 11 is 0. The molecule has 0 aliphatic rings. The second-order valence-corrected chi connectivity index (χ2v) is 10.9. The van der Waals surface area contributed by atoms with Gasteiger partial charge in [-0.2, -0.15) is 0 Å². The average molecular weight is 511 g/mol. The van der Waals surface area contributed by atoms with Gasteiger partial charge in [0, 0.05) is 5.92 Å². The van der Waals surface area contributed by atoms with E-state index >= 15 is 0 Å². The van der Waals surface area contributed by atoms with Gasteiger partial charge in [0.15, 0.2) is 0 Å². The second kappa shape index (κ2) is 28.2. The van der Waals surface area contributed by atoms with Crippen LogP contribution in [-0.2, 0) is 14.6 Å². The fraction of sp³-hybridized carbons (Fsp3) is 0.929. The van der Waals surface area contributed by atoms with Gasteiger partial charge < -0.3 is 4.55 Å².